The van der Waals surface area contributed by atoms with Gasteiger partial charge in [-0.1, -0.05) is 12.1 Å². The number of ether oxygens (including phenoxy) is 1. The van der Waals surface area contributed by atoms with Gasteiger partial charge in [0.05, 0.1) is 13.7 Å². The number of anilines is 1. The molecule has 2 aromatic heterocycles. The molecule has 0 amide bonds. The molecule has 6 nitrogen and oxygen atoms in total. The van der Waals surface area contributed by atoms with Gasteiger partial charge in [-0.3, -0.25) is 9.78 Å². The van der Waals surface area contributed by atoms with E-state index in [9.17, 15) is 9.18 Å². The summed E-state index contributed by atoms with van der Waals surface area (Å²) in [6.07, 6.45) is 4.72. The zero-order valence-electron chi connectivity index (χ0n) is 17.1. The van der Waals surface area contributed by atoms with Crippen molar-refractivity contribution in [1.82, 2.24) is 15.0 Å². The first-order valence-electron chi connectivity index (χ1n) is 9.91. The lowest BCUT2D eigenvalue weighted by atomic mass is 10.1. The Bertz CT molecular complexity index is 1070. The molecule has 154 valence electrons. The quantitative estimate of drug-likeness (QED) is 0.599. The summed E-state index contributed by atoms with van der Waals surface area (Å²) >= 11 is 0. The van der Waals surface area contributed by atoms with Gasteiger partial charge >= 0.3 is 0 Å². The first kappa shape index (κ1) is 19.9. The van der Waals surface area contributed by atoms with Crippen LogP contribution in [-0.2, 0) is 24.1 Å². The highest BCUT2D eigenvalue weighted by Crippen LogP contribution is 2.31. The van der Waals surface area contributed by atoms with Crippen LogP contribution in [0.25, 0.3) is 11.5 Å². The Balaban J connectivity index is 1.58. The number of hydrogen-bond acceptors (Lipinski definition) is 6. The number of fused-ring (bicyclic) bond motifs is 1. The highest BCUT2D eigenvalue weighted by atomic mass is 19.1. The van der Waals surface area contributed by atoms with Crippen LogP contribution in [-0.4, -0.2) is 41.4 Å². The Morgan fingerprint density at radius 3 is 2.73 bits per heavy atom. The first-order chi connectivity index (χ1) is 14.5. The topological polar surface area (TPSA) is 68.2 Å². The van der Waals surface area contributed by atoms with Gasteiger partial charge in [0.2, 0.25) is 0 Å². The number of hydrogen-bond donors (Lipinski definition) is 0. The van der Waals surface area contributed by atoms with E-state index in [2.05, 4.69) is 4.98 Å². The van der Waals surface area contributed by atoms with Gasteiger partial charge in [-0.2, -0.15) is 0 Å². The Morgan fingerprint density at radius 2 is 1.97 bits per heavy atom. The predicted octanol–water partition coefficient (Wildman–Crippen LogP) is 3.42. The van der Waals surface area contributed by atoms with Crippen molar-refractivity contribution < 1.29 is 13.9 Å². The number of carbonyl (C=O) groups is 1. The number of benzene rings is 1. The lowest BCUT2D eigenvalue weighted by molar-refractivity contribution is -0.117. The number of halogens is 1. The van der Waals surface area contributed by atoms with Crippen LogP contribution in [0, 0.1) is 5.82 Å². The standard InChI is InChI=1S/C23H23FN4O2/c1-28(14-17(29)12-15-6-8-16(24)9-7-15)23-19-4-3-5-20(19)26-22(27-23)21-13-18(30-2)10-11-25-21/h6-11,13H,3-5,12,14H2,1-2H3. The van der Waals surface area contributed by atoms with E-state index in [-0.39, 0.29) is 24.6 Å². The Kier molecular flexibility index (Phi) is 5.70. The molecule has 2 heterocycles. The number of nitrogens with zero attached hydrogens (tertiary/aromatic N) is 4. The monoisotopic (exact) mass is 406 g/mol. The number of likely N-dealkylation sites (N-methyl/N-ethyl adjacent to an activating group) is 1. The average Bonchev–Trinajstić information content (AvgIpc) is 3.23. The third-order valence-electron chi connectivity index (χ3n) is 5.20. The zero-order chi connectivity index (χ0) is 21.1. The van der Waals surface area contributed by atoms with Crippen molar-refractivity contribution in [3.8, 4) is 17.3 Å². The lowest BCUT2D eigenvalue weighted by Gasteiger charge is -2.21. The third kappa shape index (κ3) is 4.30. The molecular weight excluding hydrogens is 383 g/mol. The maximum atomic E-state index is 13.1. The molecule has 30 heavy (non-hydrogen) atoms. The second-order valence-corrected chi connectivity index (χ2v) is 7.43. The van der Waals surface area contributed by atoms with Crippen molar-refractivity contribution in [1.29, 1.82) is 0 Å². The third-order valence-corrected chi connectivity index (χ3v) is 5.20. The summed E-state index contributed by atoms with van der Waals surface area (Å²) < 4.78 is 18.4. The van der Waals surface area contributed by atoms with Crippen molar-refractivity contribution in [3.63, 3.8) is 0 Å². The normalized spacial score (nSPS) is 12.5. The number of ketones is 1. The van der Waals surface area contributed by atoms with Gasteiger partial charge in [-0.05, 0) is 43.0 Å². The van der Waals surface area contributed by atoms with Gasteiger partial charge in [-0.25, -0.2) is 14.4 Å². The van der Waals surface area contributed by atoms with Gasteiger partial charge in [0, 0.05) is 37.0 Å². The fraction of sp³-hybridized carbons (Fsp3) is 0.304. The number of rotatable bonds is 7. The maximum absolute atomic E-state index is 13.1. The summed E-state index contributed by atoms with van der Waals surface area (Å²) in [5, 5.41) is 0. The number of aromatic nitrogens is 3. The lowest BCUT2D eigenvalue weighted by Crippen LogP contribution is -2.28. The predicted molar refractivity (Wildman–Crippen MR) is 112 cm³/mol. The fourth-order valence-electron chi connectivity index (χ4n) is 3.73. The summed E-state index contributed by atoms with van der Waals surface area (Å²) in [4.78, 5) is 28.4. The van der Waals surface area contributed by atoms with E-state index >= 15 is 0 Å². The Morgan fingerprint density at radius 1 is 1.17 bits per heavy atom. The second-order valence-electron chi connectivity index (χ2n) is 7.43. The minimum atomic E-state index is -0.307. The molecule has 3 aromatic rings. The number of aryl methyl sites for hydroxylation is 1. The second kappa shape index (κ2) is 8.57. The molecule has 1 aromatic carbocycles. The van der Waals surface area contributed by atoms with Crippen molar-refractivity contribution in [2.45, 2.75) is 25.7 Å². The van der Waals surface area contributed by atoms with E-state index in [1.807, 2.05) is 11.9 Å². The minimum Gasteiger partial charge on any atom is -0.497 e. The summed E-state index contributed by atoms with van der Waals surface area (Å²) in [7, 11) is 3.47. The van der Waals surface area contributed by atoms with E-state index in [1.165, 1.54) is 12.1 Å². The SMILES string of the molecule is COc1ccnc(-c2nc3c(c(N(C)CC(=O)Cc4ccc(F)cc4)n2)CCC3)c1. The molecule has 0 saturated heterocycles. The highest BCUT2D eigenvalue weighted by Gasteiger charge is 2.23. The first-order valence-corrected chi connectivity index (χ1v) is 9.91. The van der Waals surface area contributed by atoms with Gasteiger partial charge < -0.3 is 9.64 Å². The van der Waals surface area contributed by atoms with Crippen LogP contribution < -0.4 is 9.64 Å². The van der Waals surface area contributed by atoms with Crippen LogP contribution in [0.3, 0.4) is 0 Å². The van der Waals surface area contributed by atoms with E-state index in [0.717, 1.165) is 41.9 Å². The molecule has 0 radical (unpaired) electrons. The van der Waals surface area contributed by atoms with Crippen LogP contribution >= 0.6 is 0 Å². The minimum absolute atomic E-state index is 0.0375. The summed E-state index contributed by atoms with van der Waals surface area (Å²) in [6.45, 7) is 0.214. The van der Waals surface area contributed by atoms with Crippen molar-refractivity contribution in [2.75, 3.05) is 25.6 Å². The van der Waals surface area contributed by atoms with Crippen LogP contribution in [0.5, 0.6) is 5.75 Å². The molecule has 0 saturated carbocycles. The summed E-state index contributed by atoms with van der Waals surface area (Å²) in [6, 6.07) is 9.61. The molecule has 0 bridgehead atoms. The number of Topliss-reactive ketones (excluding diaryl/α,β-unsaturated/α-hetero) is 1. The van der Waals surface area contributed by atoms with Crippen LogP contribution in [0.1, 0.15) is 23.2 Å². The molecule has 0 fully saturated rings. The summed E-state index contributed by atoms with van der Waals surface area (Å²) in [5.41, 5.74) is 3.54. The molecule has 0 atom stereocenters. The fourth-order valence-corrected chi connectivity index (χ4v) is 3.73. The van der Waals surface area contributed by atoms with Crippen molar-refractivity contribution in [3.05, 3.63) is 65.2 Å². The zero-order valence-corrected chi connectivity index (χ0v) is 17.1. The molecule has 0 aliphatic heterocycles. The molecular formula is C23H23FN4O2. The van der Waals surface area contributed by atoms with Gasteiger partial charge in [0.25, 0.3) is 0 Å². The van der Waals surface area contributed by atoms with Crippen molar-refractivity contribution in [2.24, 2.45) is 0 Å². The van der Waals surface area contributed by atoms with E-state index in [1.54, 1.807) is 37.6 Å². The van der Waals surface area contributed by atoms with E-state index in [4.69, 9.17) is 14.7 Å². The molecule has 7 heteroatoms. The van der Waals surface area contributed by atoms with Gasteiger partial charge in [0.15, 0.2) is 11.6 Å². The van der Waals surface area contributed by atoms with Crippen molar-refractivity contribution >= 4 is 11.6 Å². The maximum Gasteiger partial charge on any atom is 0.180 e. The van der Waals surface area contributed by atoms with Crippen LogP contribution in [0.4, 0.5) is 10.2 Å². The van der Waals surface area contributed by atoms with E-state index in [0.29, 0.717) is 17.3 Å². The van der Waals surface area contributed by atoms with E-state index < -0.39 is 0 Å². The largest absolute Gasteiger partial charge is 0.497 e. The number of carbonyl (C=O) groups excluding carboxylic acids is 1. The molecule has 0 N–H and O–H groups in total. The smallest absolute Gasteiger partial charge is 0.180 e. The molecule has 0 unspecified atom stereocenters. The highest BCUT2D eigenvalue weighted by molar-refractivity contribution is 5.85. The van der Waals surface area contributed by atoms with Crippen LogP contribution in [0.2, 0.25) is 0 Å². The average molecular weight is 406 g/mol. The molecule has 1 aliphatic rings. The molecule has 1 aliphatic carbocycles. The summed E-state index contributed by atoms with van der Waals surface area (Å²) in [5.74, 6) is 1.72. The van der Waals surface area contributed by atoms with Crippen LogP contribution in [0.15, 0.2) is 42.6 Å². The van der Waals surface area contributed by atoms with Gasteiger partial charge in [0.1, 0.15) is 23.1 Å². The van der Waals surface area contributed by atoms with Gasteiger partial charge in [-0.15, -0.1) is 0 Å². The molecule has 4 rings (SSSR count). The number of pyridine rings is 1. The Hall–Kier alpha value is -3.35. The number of methoxy groups -OCH3 is 1. The molecule has 0 spiro atoms. The Labute approximate surface area is 174 Å².